The van der Waals surface area contributed by atoms with Gasteiger partial charge in [0.05, 0.1) is 12.5 Å². The molecule has 158 valence electrons. The number of amides is 1. The third-order valence-corrected chi connectivity index (χ3v) is 4.42. The van der Waals surface area contributed by atoms with E-state index in [9.17, 15) is 9.59 Å². The average Bonchev–Trinajstić information content (AvgIpc) is 3.27. The number of hydrogen-bond acceptors (Lipinski definition) is 5. The number of esters is 1. The number of rotatable bonds is 6. The first kappa shape index (κ1) is 21.8. The Morgan fingerprint density at radius 1 is 1.00 bits per heavy atom. The number of carbonyl (C=O) groups is 2. The summed E-state index contributed by atoms with van der Waals surface area (Å²) in [6.45, 7) is 6.36. The second-order valence-electron chi connectivity index (χ2n) is 7.87. The third kappa shape index (κ3) is 6.54. The predicted molar refractivity (Wildman–Crippen MR) is 120 cm³/mol. The van der Waals surface area contributed by atoms with Crippen LogP contribution in [0, 0.1) is 0 Å². The van der Waals surface area contributed by atoms with E-state index in [1.54, 1.807) is 48.5 Å². The maximum atomic E-state index is 12.2. The molecule has 0 aliphatic heterocycles. The number of hydrogen-bond donors (Lipinski definition) is 1. The van der Waals surface area contributed by atoms with Gasteiger partial charge in [-0.1, -0.05) is 32.9 Å². The number of carbonyl (C=O) groups excluding carboxylic acids is 2. The Labute approximate surface area is 181 Å². The zero-order valence-electron chi connectivity index (χ0n) is 17.7. The van der Waals surface area contributed by atoms with E-state index in [0.29, 0.717) is 17.1 Å². The van der Waals surface area contributed by atoms with Gasteiger partial charge in [-0.15, -0.1) is 0 Å². The molecule has 1 N–H and O–H groups in total. The molecule has 2 aromatic carbocycles. The summed E-state index contributed by atoms with van der Waals surface area (Å²) in [6, 6.07) is 17.7. The number of hydrazone groups is 1. The Morgan fingerprint density at radius 2 is 1.71 bits per heavy atom. The zero-order valence-corrected chi connectivity index (χ0v) is 17.7. The molecule has 1 aromatic heterocycles. The van der Waals surface area contributed by atoms with Crippen molar-refractivity contribution in [1.29, 1.82) is 0 Å². The van der Waals surface area contributed by atoms with Gasteiger partial charge in [0.15, 0.2) is 0 Å². The Kier molecular flexibility index (Phi) is 6.82. The first-order chi connectivity index (χ1) is 14.8. The van der Waals surface area contributed by atoms with Gasteiger partial charge in [-0.3, -0.25) is 4.79 Å². The molecule has 0 spiro atoms. The van der Waals surface area contributed by atoms with Crippen LogP contribution in [0.1, 0.15) is 48.0 Å². The van der Waals surface area contributed by atoms with Crippen molar-refractivity contribution in [2.45, 2.75) is 26.2 Å². The Hall–Kier alpha value is -3.93. The molecule has 1 heterocycles. The highest BCUT2D eigenvalue weighted by Gasteiger charge is 2.14. The van der Waals surface area contributed by atoms with E-state index in [0.717, 1.165) is 11.1 Å². The highest BCUT2D eigenvalue weighted by atomic mass is 16.5. The van der Waals surface area contributed by atoms with E-state index in [1.165, 1.54) is 24.6 Å². The first-order valence-corrected chi connectivity index (χ1v) is 9.79. The monoisotopic (exact) mass is 416 g/mol. The largest absolute Gasteiger partial charge is 0.465 e. The Bertz CT molecular complexity index is 1070. The molecule has 0 saturated heterocycles. The summed E-state index contributed by atoms with van der Waals surface area (Å²) < 4.78 is 10.3. The Balaban J connectivity index is 1.51. The predicted octanol–water partition coefficient (Wildman–Crippen LogP) is 4.96. The van der Waals surface area contributed by atoms with Crippen LogP contribution in [0.2, 0.25) is 0 Å². The molecule has 0 radical (unpaired) electrons. The molecule has 6 heteroatoms. The van der Waals surface area contributed by atoms with Crippen molar-refractivity contribution in [1.82, 2.24) is 5.43 Å². The van der Waals surface area contributed by atoms with E-state index < -0.39 is 5.97 Å². The van der Waals surface area contributed by atoms with Crippen molar-refractivity contribution >= 4 is 24.2 Å². The number of nitrogens with zero attached hydrogens (tertiary/aromatic N) is 1. The molecule has 0 unspecified atom stereocenters. The van der Waals surface area contributed by atoms with E-state index in [1.807, 2.05) is 12.1 Å². The standard InChI is InChI=1S/C25H24N2O4/c1-25(2,3)20-10-8-19(9-11-20)24(29)27-26-17-18-6-12-22(13-7-18)31-23(28)15-14-21-5-4-16-30-21/h4-17H,1-3H3,(H,27,29)/b15-14+,26-17?. The second kappa shape index (κ2) is 9.71. The van der Waals surface area contributed by atoms with Gasteiger partial charge in [-0.25, -0.2) is 10.2 Å². The molecule has 0 aliphatic rings. The van der Waals surface area contributed by atoms with Crippen molar-refractivity contribution in [3.8, 4) is 5.75 Å². The third-order valence-electron chi connectivity index (χ3n) is 4.42. The summed E-state index contributed by atoms with van der Waals surface area (Å²) in [5.41, 5.74) is 4.98. The van der Waals surface area contributed by atoms with Crippen LogP contribution in [0.5, 0.6) is 5.75 Å². The van der Waals surface area contributed by atoms with E-state index in [2.05, 4.69) is 31.3 Å². The highest BCUT2D eigenvalue weighted by molar-refractivity contribution is 5.95. The summed E-state index contributed by atoms with van der Waals surface area (Å²) in [7, 11) is 0. The van der Waals surface area contributed by atoms with Crippen LogP contribution >= 0.6 is 0 Å². The molecule has 3 aromatic rings. The lowest BCUT2D eigenvalue weighted by Gasteiger charge is -2.18. The fourth-order valence-corrected chi connectivity index (χ4v) is 2.66. The SMILES string of the molecule is CC(C)(C)c1ccc(C(=O)NN=Cc2ccc(OC(=O)/C=C/c3ccco3)cc2)cc1. The van der Waals surface area contributed by atoms with Crippen molar-refractivity contribution in [2.75, 3.05) is 0 Å². The normalized spacial score (nSPS) is 11.7. The minimum Gasteiger partial charge on any atom is -0.465 e. The lowest BCUT2D eigenvalue weighted by molar-refractivity contribution is -0.128. The summed E-state index contributed by atoms with van der Waals surface area (Å²) in [6.07, 6.45) is 5.86. The quantitative estimate of drug-likeness (QED) is 0.202. The molecule has 0 aliphatic carbocycles. The summed E-state index contributed by atoms with van der Waals surface area (Å²) in [4.78, 5) is 24.0. The van der Waals surface area contributed by atoms with E-state index >= 15 is 0 Å². The number of benzene rings is 2. The fraction of sp³-hybridized carbons (Fsp3) is 0.160. The van der Waals surface area contributed by atoms with E-state index in [-0.39, 0.29) is 11.3 Å². The summed E-state index contributed by atoms with van der Waals surface area (Å²) in [5.74, 6) is 0.165. The van der Waals surface area contributed by atoms with Crippen LogP contribution < -0.4 is 10.2 Å². The lowest BCUT2D eigenvalue weighted by atomic mass is 9.87. The van der Waals surface area contributed by atoms with Gasteiger partial charge in [-0.2, -0.15) is 5.10 Å². The molecular formula is C25H24N2O4. The minimum atomic E-state index is -0.512. The maximum Gasteiger partial charge on any atom is 0.336 e. The Morgan fingerprint density at radius 3 is 2.32 bits per heavy atom. The van der Waals surface area contributed by atoms with Gasteiger partial charge in [0.25, 0.3) is 5.91 Å². The number of nitrogens with one attached hydrogen (secondary N) is 1. The van der Waals surface area contributed by atoms with Crippen molar-refractivity contribution < 1.29 is 18.7 Å². The molecule has 0 bridgehead atoms. The van der Waals surface area contributed by atoms with Gasteiger partial charge in [0.1, 0.15) is 11.5 Å². The van der Waals surface area contributed by atoms with Crippen molar-refractivity contribution in [2.24, 2.45) is 5.10 Å². The van der Waals surface area contributed by atoms with Gasteiger partial charge in [0.2, 0.25) is 0 Å². The number of ether oxygens (including phenoxy) is 1. The van der Waals surface area contributed by atoms with Crippen molar-refractivity contribution in [3.63, 3.8) is 0 Å². The smallest absolute Gasteiger partial charge is 0.336 e. The molecule has 31 heavy (non-hydrogen) atoms. The van der Waals surface area contributed by atoms with Gasteiger partial charge >= 0.3 is 5.97 Å². The van der Waals surface area contributed by atoms with Crippen LogP contribution in [0.3, 0.4) is 0 Å². The van der Waals surface area contributed by atoms with Gasteiger partial charge < -0.3 is 9.15 Å². The van der Waals surface area contributed by atoms with Crippen LogP contribution in [-0.2, 0) is 10.2 Å². The lowest BCUT2D eigenvalue weighted by Crippen LogP contribution is -2.18. The van der Waals surface area contributed by atoms with Crippen molar-refractivity contribution in [3.05, 3.63) is 95.5 Å². The van der Waals surface area contributed by atoms with Gasteiger partial charge in [0, 0.05) is 11.6 Å². The molecular weight excluding hydrogens is 392 g/mol. The molecule has 1 amide bonds. The van der Waals surface area contributed by atoms with Crippen LogP contribution in [0.4, 0.5) is 0 Å². The van der Waals surface area contributed by atoms with Crippen LogP contribution in [0.15, 0.2) is 82.5 Å². The molecule has 6 nitrogen and oxygen atoms in total. The van der Waals surface area contributed by atoms with Gasteiger partial charge in [-0.05, 0) is 71.1 Å². The molecule has 3 rings (SSSR count). The minimum absolute atomic E-state index is 0.0311. The van der Waals surface area contributed by atoms with E-state index in [4.69, 9.17) is 9.15 Å². The van der Waals surface area contributed by atoms with Crippen LogP contribution in [-0.4, -0.2) is 18.1 Å². The first-order valence-electron chi connectivity index (χ1n) is 9.79. The topological polar surface area (TPSA) is 80.9 Å². The second-order valence-corrected chi connectivity index (χ2v) is 7.87. The van der Waals surface area contributed by atoms with Crippen LogP contribution in [0.25, 0.3) is 6.08 Å². The molecule has 0 fully saturated rings. The average molecular weight is 416 g/mol. The summed E-state index contributed by atoms with van der Waals surface area (Å²) >= 11 is 0. The summed E-state index contributed by atoms with van der Waals surface area (Å²) in [5, 5.41) is 3.98. The fourth-order valence-electron chi connectivity index (χ4n) is 2.66. The number of furan rings is 1. The molecule has 0 atom stereocenters. The maximum absolute atomic E-state index is 12.2. The highest BCUT2D eigenvalue weighted by Crippen LogP contribution is 2.22. The zero-order chi connectivity index (χ0) is 22.3. The molecule has 0 saturated carbocycles.